The van der Waals surface area contributed by atoms with Crippen molar-refractivity contribution in [3.8, 4) is 11.3 Å². The van der Waals surface area contributed by atoms with Crippen LogP contribution >= 0.6 is 11.6 Å². The van der Waals surface area contributed by atoms with Gasteiger partial charge in [0.25, 0.3) is 0 Å². The summed E-state index contributed by atoms with van der Waals surface area (Å²) < 4.78 is 76.7. The van der Waals surface area contributed by atoms with Crippen molar-refractivity contribution >= 4 is 28.0 Å². The van der Waals surface area contributed by atoms with Crippen LogP contribution in [0.3, 0.4) is 0 Å². The maximum absolute atomic E-state index is 12.9. The van der Waals surface area contributed by atoms with Crippen LogP contribution in [0.4, 0.5) is 13.2 Å². The molecule has 1 aromatic carbocycles. The number of furan rings is 1. The van der Waals surface area contributed by atoms with Crippen LogP contribution in [0.5, 0.6) is 0 Å². The van der Waals surface area contributed by atoms with Crippen LogP contribution in [0.2, 0.25) is 5.02 Å². The summed E-state index contributed by atoms with van der Waals surface area (Å²) in [5, 5.41) is -0.436. The van der Waals surface area contributed by atoms with Gasteiger partial charge in [0.1, 0.15) is 15.9 Å². The van der Waals surface area contributed by atoms with Crippen LogP contribution in [0.25, 0.3) is 11.3 Å². The molecule has 2 aromatic rings. The second-order valence-corrected chi connectivity index (χ2v) is 5.86. The fourth-order valence-corrected chi connectivity index (χ4v) is 2.76. The zero-order valence-electron chi connectivity index (χ0n) is 10.3. The van der Waals surface area contributed by atoms with Gasteiger partial charge in [0.15, 0.2) is 12.0 Å². The molecule has 0 spiro atoms. The Hall–Kier alpha value is -1.84. The summed E-state index contributed by atoms with van der Waals surface area (Å²) in [4.78, 5) is 9.04. The van der Waals surface area contributed by atoms with E-state index in [1.807, 2.05) is 0 Å². The SMILES string of the molecule is O=Cc1ccc(-c2cc(C(F)(F)F)c(S(=O)(=O)[O-])cc2Cl)o1. The van der Waals surface area contributed by atoms with Gasteiger partial charge in [-0.05, 0) is 24.3 Å². The third-order valence-corrected chi connectivity index (χ3v) is 3.84. The summed E-state index contributed by atoms with van der Waals surface area (Å²) in [5.74, 6) is -0.326. The fourth-order valence-electron chi connectivity index (χ4n) is 1.73. The molecule has 0 N–H and O–H groups in total. The fraction of sp³-hybridized carbons (Fsp3) is 0.0833. The monoisotopic (exact) mass is 353 g/mol. The lowest BCUT2D eigenvalue weighted by molar-refractivity contribution is -0.139. The van der Waals surface area contributed by atoms with Gasteiger partial charge in [0, 0.05) is 5.56 Å². The first kappa shape index (κ1) is 16.5. The predicted molar refractivity (Wildman–Crippen MR) is 67.5 cm³/mol. The van der Waals surface area contributed by atoms with Crippen molar-refractivity contribution in [3.05, 3.63) is 40.6 Å². The molecule has 118 valence electrons. The van der Waals surface area contributed by atoms with Crippen LogP contribution in [-0.4, -0.2) is 19.3 Å². The number of alkyl halides is 3. The molecule has 0 saturated carbocycles. The maximum Gasteiger partial charge on any atom is 0.417 e. The molecule has 0 aliphatic rings. The molecule has 0 saturated heterocycles. The van der Waals surface area contributed by atoms with Crippen LogP contribution in [-0.2, 0) is 16.3 Å². The van der Waals surface area contributed by atoms with E-state index in [4.69, 9.17) is 16.0 Å². The first-order chi connectivity index (χ1) is 10.0. The van der Waals surface area contributed by atoms with E-state index < -0.39 is 31.8 Å². The van der Waals surface area contributed by atoms with Crippen LogP contribution in [0.1, 0.15) is 16.1 Å². The molecule has 0 aliphatic carbocycles. The van der Waals surface area contributed by atoms with Crippen molar-refractivity contribution in [2.75, 3.05) is 0 Å². The Morgan fingerprint density at radius 3 is 2.32 bits per heavy atom. The molecule has 5 nitrogen and oxygen atoms in total. The van der Waals surface area contributed by atoms with E-state index in [-0.39, 0.29) is 17.1 Å². The molecule has 0 unspecified atom stereocenters. The van der Waals surface area contributed by atoms with E-state index in [2.05, 4.69) is 0 Å². The number of aldehydes is 1. The molecule has 22 heavy (non-hydrogen) atoms. The highest BCUT2D eigenvalue weighted by atomic mass is 35.5. The minimum atomic E-state index is -5.38. The summed E-state index contributed by atoms with van der Waals surface area (Å²) in [7, 11) is -5.38. The smallest absolute Gasteiger partial charge is 0.417 e. The molecular formula is C12H5ClF3O5S-. The van der Waals surface area contributed by atoms with Gasteiger partial charge in [0.2, 0.25) is 0 Å². The van der Waals surface area contributed by atoms with Crippen molar-refractivity contribution in [2.24, 2.45) is 0 Å². The van der Waals surface area contributed by atoms with E-state index in [1.54, 1.807) is 0 Å². The second kappa shape index (κ2) is 5.41. The molecule has 1 aromatic heterocycles. The van der Waals surface area contributed by atoms with Crippen molar-refractivity contribution in [3.63, 3.8) is 0 Å². The van der Waals surface area contributed by atoms with Gasteiger partial charge in [0.05, 0.1) is 15.5 Å². The highest BCUT2D eigenvalue weighted by molar-refractivity contribution is 7.85. The summed E-state index contributed by atoms with van der Waals surface area (Å²) in [5.41, 5.74) is -1.96. The third-order valence-electron chi connectivity index (χ3n) is 2.65. The Labute approximate surface area is 127 Å². The summed E-state index contributed by atoms with van der Waals surface area (Å²) >= 11 is 5.73. The first-order valence-electron chi connectivity index (χ1n) is 5.46. The number of carbonyl (C=O) groups excluding carboxylic acids is 1. The highest BCUT2D eigenvalue weighted by Crippen LogP contribution is 2.40. The molecule has 2 rings (SSSR count). The Morgan fingerprint density at radius 1 is 1.23 bits per heavy atom. The predicted octanol–water partition coefficient (Wildman–Crippen LogP) is 3.34. The van der Waals surface area contributed by atoms with Crippen LogP contribution in [0, 0.1) is 0 Å². The van der Waals surface area contributed by atoms with Crippen molar-refractivity contribution in [1.82, 2.24) is 0 Å². The largest absolute Gasteiger partial charge is 0.744 e. The second-order valence-electron chi connectivity index (χ2n) is 4.10. The Morgan fingerprint density at radius 2 is 1.86 bits per heavy atom. The molecule has 0 amide bonds. The standard InChI is InChI=1S/C12H6ClF3O5S/c13-9-4-11(22(18,19)20)8(12(14,15)16)3-7(9)10-2-1-6(5-17)21-10/h1-5H,(H,18,19,20)/p-1. The number of hydrogen-bond acceptors (Lipinski definition) is 5. The van der Waals surface area contributed by atoms with Crippen LogP contribution in [0.15, 0.2) is 33.6 Å². The first-order valence-corrected chi connectivity index (χ1v) is 7.24. The van der Waals surface area contributed by atoms with Gasteiger partial charge in [-0.1, -0.05) is 11.6 Å². The lowest BCUT2D eigenvalue weighted by atomic mass is 10.1. The van der Waals surface area contributed by atoms with E-state index in [1.165, 1.54) is 12.1 Å². The number of benzene rings is 1. The topological polar surface area (TPSA) is 87.4 Å². The minimum Gasteiger partial charge on any atom is -0.744 e. The zero-order valence-corrected chi connectivity index (χ0v) is 11.9. The average Bonchev–Trinajstić information content (AvgIpc) is 2.84. The van der Waals surface area contributed by atoms with Gasteiger partial charge in [-0.2, -0.15) is 13.2 Å². The lowest BCUT2D eigenvalue weighted by Gasteiger charge is -2.17. The van der Waals surface area contributed by atoms with E-state index in [0.29, 0.717) is 18.4 Å². The average molecular weight is 354 g/mol. The van der Waals surface area contributed by atoms with E-state index >= 15 is 0 Å². The lowest BCUT2D eigenvalue weighted by Crippen LogP contribution is -2.13. The van der Waals surface area contributed by atoms with Gasteiger partial charge >= 0.3 is 6.18 Å². The third kappa shape index (κ3) is 3.16. The van der Waals surface area contributed by atoms with Crippen molar-refractivity contribution in [2.45, 2.75) is 11.1 Å². The zero-order chi connectivity index (χ0) is 16.7. The van der Waals surface area contributed by atoms with E-state index in [9.17, 15) is 30.9 Å². The van der Waals surface area contributed by atoms with Gasteiger partial charge in [-0.15, -0.1) is 0 Å². The summed E-state index contributed by atoms with van der Waals surface area (Å²) in [6.07, 6.45) is -4.76. The molecule has 1 heterocycles. The van der Waals surface area contributed by atoms with Crippen molar-refractivity contribution in [1.29, 1.82) is 0 Å². The summed E-state index contributed by atoms with van der Waals surface area (Å²) in [6.45, 7) is 0. The Bertz CT molecular complexity index is 839. The number of hydrogen-bond donors (Lipinski definition) is 0. The molecule has 0 aliphatic heterocycles. The normalized spacial score (nSPS) is 12.4. The molecule has 0 atom stereocenters. The van der Waals surface area contributed by atoms with Gasteiger partial charge < -0.3 is 8.97 Å². The highest BCUT2D eigenvalue weighted by Gasteiger charge is 2.36. The molecule has 0 bridgehead atoms. The Balaban J connectivity index is 2.76. The minimum absolute atomic E-state index is 0.153. The summed E-state index contributed by atoms with van der Waals surface area (Å²) in [6, 6.07) is 3.19. The van der Waals surface area contributed by atoms with Crippen LogP contribution < -0.4 is 0 Å². The molecule has 0 radical (unpaired) electrons. The molecule has 0 fully saturated rings. The van der Waals surface area contributed by atoms with Gasteiger partial charge in [-0.3, -0.25) is 4.79 Å². The maximum atomic E-state index is 12.9. The molecule has 10 heteroatoms. The van der Waals surface area contributed by atoms with Gasteiger partial charge in [-0.25, -0.2) is 8.42 Å². The number of rotatable bonds is 3. The Kier molecular flexibility index (Phi) is 4.07. The number of carbonyl (C=O) groups is 1. The quantitative estimate of drug-likeness (QED) is 0.624. The molecular weight excluding hydrogens is 349 g/mol. The van der Waals surface area contributed by atoms with Crippen molar-refractivity contribution < 1.29 is 35.4 Å². The van der Waals surface area contributed by atoms with E-state index in [0.717, 1.165) is 0 Å². The number of halogens is 4.